The monoisotopic (exact) mass is 419 g/mol. The number of nitrogens with one attached hydrogen (secondary N) is 1. The third kappa shape index (κ3) is 3.96. The van der Waals surface area contributed by atoms with E-state index >= 15 is 0 Å². The van der Waals surface area contributed by atoms with Gasteiger partial charge in [0.1, 0.15) is 0 Å². The molecule has 0 heterocycles. The van der Waals surface area contributed by atoms with Crippen LogP contribution < -0.4 is 16.0 Å². The van der Waals surface area contributed by atoms with E-state index in [2.05, 4.69) is 28.4 Å². The molecule has 0 bridgehead atoms. The lowest BCUT2D eigenvalue weighted by atomic mass is 10.1. The molecule has 3 aromatic carbocycles. The van der Waals surface area contributed by atoms with E-state index in [0.717, 1.165) is 47.8 Å². The first kappa shape index (κ1) is 20.2. The number of methoxy groups -OCH3 is 1. The lowest BCUT2D eigenvalue weighted by Gasteiger charge is -2.33. The molecule has 1 aliphatic rings. The van der Waals surface area contributed by atoms with Gasteiger partial charge in [-0.25, -0.2) is 4.79 Å². The smallest absolute Gasteiger partial charge is 0.337 e. The average molecular weight is 420 g/mol. The Morgan fingerprint density at radius 2 is 1.83 bits per heavy atom. The van der Waals surface area contributed by atoms with E-state index < -0.39 is 5.97 Å². The fraction of sp³-hybridized carbons (Fsp3) is 0.250. The van der Waals surface area contributed by atoms with Gasteiger partial charge in [0.05, 0.1) is 24.0 Å². The fourth-order valence-electron chi connectivity index (χ4n) is 4.16. The summed E-state index contributed by atoms with van der Waals surface area (Å²) < 4.78 is 4.81. The Balaban J connectivity index is 1.69. The summed E-state index contributed by atoms with van der Waals surface area (Å²) in [6, 6.07) is 19.9. The molecule has 0 amide bonds. The van der Waals surface area contributed by atoms with Crippen LogP contribution in [0.4, 0.5) is 17.1 Å². The Hall–Kier alpha value is -3.12. The van der Waals surface area contributed by atoms with Crippen molar-refractivity contribution in [2.45, 2.75) is 31.7 Å². The van der Waals surface area contributed by atoms with Crippen LogP contribution in [-0.4, -0.2) is 24.2 Å². The van der Waals surface area contributed by atoms with Crippen LogP contribution in [0, 0.1) is 0 Å². The van der Waals surface area contributed by atoms with Crippen LogP contribution in [0.5, 0.6) is 0 Å². The minimum Gasteiger partial charge on any atom is -0.465 e. The largest absolute Gasteiger partial charge is 0.465 e. The number of nitrogens with two attached hydrogens (primary N) is 1. The number of nitrogen functional groups attached to an aromatic ring is 1. The first-order chi connectivity index (χ1) is 14.6. The zero-order valence-corrected chi connectivity index (χ0v) is 17.7. The van der Waals surface area contributed by atoms with Gasteiger partial charge in [-0.15, -0.1) is 0 Å². The van der Waals surface area contributed by atoms with Gasteiger partial charge < -0.3 is 20.7 Å². The van der Waals surface area contributed by atoms with Crippen molar-refractivity contribution < 1.29 is 9.53 Å². The summed E-state index contributed by atoms with van der Waals surface area (Å²) in [4.78, 5) is 14.0. The van der Waals surface area contributed by atoms with Gasteiger partial charge in [-0.2, -0.15) is 0 Å². The molecule has 6 heteroatoms. The fourth-order valence-corrected chi connectivity index (χ4v) is 4.52. The standard InChI is InChI=1S/C24H25N3O2S/c1-29-23(28)17-13-14-22(20(25)15-17)27(18-9-3-4-10-18)24(30)26-21-12-6-8-16-7-2-5-11-19(16)21/h2,5-8,11-15,18H,3-4,9-10,25H2,1H3,(H,26,30). The highest BCUT2D eigenvalue weighted by molar-refractivity contribution is 7.80. The number of rotatable bonds is 4. The van der Waals surface area contributed by atoms with Crippen LogP contribution in [0.25, 0.3) is 10.8 Å². The van der Waals surface area contributed by atoms with Gasteiger partial charge in [-0.3, -0.25) is 0 Å². The zero-order valence-electron chi connectivity index (χ0n) is 16.9. The minimum absolute atomic E-state index is 0.270. The molecule has 0 radical (unpaired) electrons. The number of benzene rings is 3. The van der Waals surface area contributed by atoms with Crippen molar-refractivity contribution in [3.63, 3.8) is 0 Å². The maximum atomic E-state index is 11.9. The van der Waals surface area contributed by atoms with E-state index in [1.807, 2.05) is 30.3 Å². The molecule has 3 N–H and O–H groups in total. The number of esters is 1. The summed E-state index contributed by atoms with van der Waals surface area (Å²) in [5, 5.41) is 6.32. The molecule has 0 atom stereocenters. The Kier molecular flexibility index (Phi) is 5.86. The van der Waals surface area contributed by atoms with Crippen LogP contribution in [-0.2, 0) is 4.74 Å². The number of fused-ring (bicyclic) bond motifs is 1. The highest BCUT2D eigenvalue weighted by atomic mass is 32.1. The molecule has 1 saturated carbocycles. The molecular weight excluding hydrogens is 394 g/mol. The lowest BCUT2D eigenvalue weighted by molar-refractivity contribution is 0.0601. The summed E-state index contributed by atoms with van der Waals surface area (Å²) in [6.45, 7) is 0. The molecule has 1 aliphatic carbocycles. The zero-order chi connectivity index (χ0) is 21.1. The summed E-state index contributed by atoms with van der Waals surface area (Å²) in [7, 11) is 1.36. The van der Waals surface area contributed by atoms with Crippen LogP contribution in [0.1, 0.15) is 36.0 Å². The average Bonchev–Trinajstić information content (AvgIpc) is 3.29. The molecular formula is C24H25N3O2S. The number of carbonyl (C=O) groups excluding carboxylic acids is 1. The summed E-state index contributed by atoms with van der Waals surface area (Å²) in [6.07, 6.45) is 4.43. The number of ether oxygens (including phenoxy) is 1. The van der Waals surface area contributed by atoms with Gasteiger partial charge in [0.15, 0.2) is 5.11 Å². The predicted molar refractivity (Wildman–Crippen MR) is 127 cm³/mol. The van der Waals surface area contributed by atoms with Gasteiger partial charge in [-0.1, -0.05) is 49.2 Å². The number of hydrogen-bond donors (Lipinski definition) is 2. The molecule has 0 unspecified atom stereocenters. The van der Waals surface area contributed by atoms with Crippen LogP contribution >= 0.6 is 12.2 Å². The van der Waals surface area contributed by atoms with Crippen LogP contribution in [0.15, 0.2) is 60.7 Å². The Bertz CT molecular complexity index is 1090. The Morgan fingerprint density at radius 1 is 1.10 bits per heavy atom. The van der Waals surface area contributed by atoms with Crippen molar-refractivity contribution in [1.82, 2.24) is 0 Å². The van der Waals surface area contributed by atoms with Crippen molar-refractivity contribution in [1.29, 1.82) is 0 Å². The van der Waals surface area contributed by atoms with Gasteiger partial charge in [0.2, 0.25) is 0 Å². The Morgan fingerprint density at radius 3 is 2.57 bits per heavy atom. The third-order valence-corrected chi connectivity index (χ3v) is 5.95. The second-order valence-corrected chi connectivity index (χ2v) is 7.92. The van der Waals surface area contributed by atoms with Gasteiger partial charge in [0, 0.05) is 17.1 Å². The van der Waals surface area contributed by atoms with Gasteiger partial charge >= 0.3 is 5.97 Å². The number of carbonyl (C=O) groups is 1. The van der Waals surface area contributed by atoms with Crippen LogP contribution in [0.3, 0.4) is 0 Å². The molecule has 3 aromatic rings. The van der Waals surface area contributed by atoms with E-state index in [0.29, 0.717) is 16.4 Å². The molecule has 5 nitrogen and oxygen atoms in total. The molecule has 0 spiro atoms. The summed E-state index contributed by atoms with van der Waals surface area (Å²) in [5.41, 5.74) is 9.08. The van der Waals surface area contributed by atoms with Crippen molar-refractivity contribution in [3.8, 4) is 0 Å². The number of anilines is 3. The first-order valence-electron chi connectivity index (χ1n) is 10.1. The number of nitrogens with zero attached hydrogens (tertiary/aromatic N) is 1. The maximum Gasteiger partial charge on any atom is 0.337 e. The summed E-state index contributed by atoms with van der Waals surface area (Å²) in [5.74, 6) is -0.405. The molecule has 0 aliphatic heterocycles. The molecule has 30 heavy (non-hydrogen) atoms. The van der Waals surface area contributed by atoms with Crippen molar-refractivity contribution in [2.24, 2.45) is 0 Å². The van der Waals surface area contributed by atoms with E-state index in [-0.39, 0.29) is 6.04 Å². The van der Waals surface area contributed by atoms with Crippen molar-refractivity contribution in [2.75, 3.05) is 23.1 Å². The topological polar surface area (TPSA) is 67.6 Å². The highest BCUT2D eigenvalue weighted by Crippen LogP contribution is 2.34. The molecule has 154 valence electrons. The number of hydrogen-bond acceptors (Lipinski definition) is 4. The lowest BCUT2D eigenvalue weighted by Crippen LogP contribution is -2.42. The predicted octanol–water partition coefficient (Wildman–Crippen LogP) is 5.35. The molecule has 0 aromatic heterocycles. The molecule has 0 saturated heterocycles. The van der Waals surface area contributed by atoms with E-state index in [1.165, 1.54) is 7.11 Å². The van der Waals surface area contributed by atoms with E-state index in [9.17, 15) is 4.79 Å². The van der Waals surface area contributed by atoms with E-state index in [1.54, 1.807) is 12.1 Å². The van der Waals surface area contributed by atoms with Gasteiger partial charge in [0.25, 0.3) is 0 Å². The molecule has 1 fully saturated rings. The van der Waals surface area contributed by atoms with Gasteiger partial charge in [-0.05, 0) is 54.7 Å². The van der Waals surface area contributed by atoms with E-state index in [4.69, 9.17) is 22.7 Å². The first-order valence-corrected chi connectivity index (χ1v) is 10.5. The van der Waals surface area contributed by atoms with Crippen LogP contribution in [0.2, 0.25) is 0 Å². The minimum atomic E-state index is -0.405. The molecule has 4 rings (SSSR count). The SMILES string of the molecule is COC(=O)c1ccc(N(C(=S)Nc2cccc3ccccc23)C2CCCC2)c(N)c1. The normalized spacial score (nSPS) is 13.9. The quantitative estimate of drug-likeness (QED) is 0.337. The number of thiocarbonyl (C=S) groups is 1. The van der Waals surface area contributed by atoms with Crippen molar-refractivity contribution in [3.05, 3.63) is 66.2 Å². The summed E-state index contributed by atoms with van der Waals surface area (Å²) >= 11 is 5.87. The maximum absolute atomic E-state index is 11.9. The Labute approximate surface area is 181 Å². The second kappa shape index (κ2) is 8.71. The van der Waals surface area contributed by atoms with Crippen molar-refractivity contribution >= 4 is 51.1 Å². The second-order valence-electron chi connectivity index (χ2n) is 7.53. The highest BCUT2D eigenvalue weighted by Gasteiger charge is 2.28. The third-order valence-electron chi connectivity index (χ3n) is 5.65.